The topological polar surface area (TPSA) is 58.2 Å². The summed E-state index contributed by atoms with van der Waals surface area (Å²) in [7, 11) is 0. The SMILES string of the molecule is CC(NC(=O)c1cccc(CCl)c1)C(=O)NC(C)(C)C. The van der Waals surface area contributed by atoms with E-state index < -0.39 is 6.04 Å². The van der Waals surface area contributed by atoms with Gasteiger partial charge in [0, 0.05) is 17.0 Å². The molecule has 1 aromatic rings. The minimum Gasteiger partial charge on any atom is -0.350 e. The highest BCUT2D eigenvalue weighted by atomic mass is 35.5. The summed E-state index contributed by atoms with van der Waals surface area (Å²) in [6, 6.07) is 6.43. The molecule has 5 heteroatoms. The van der Waals surface area contributed by atoms with Crippen LogP contribution in [0.3, 0.4) is 0 Å². The Morgan fingerprint density at radius 3 is 2.50 bits per heavy atom. The van der Waals surface area contributed by atoms with E-state index in [0.29, 0.717) is 11.4 Å². The van der Waals surface area contributed by atoms with E-state index in [1.807, 2.05) is 26.8 Å². The van der Waals surface area contributed by atoms with E-state index in [-0.39, 0.29) is 17.4 Å². The van der Waals surface area contributed by atoms with Gasteiger partial charge in [-0.05, 0) is 45.4 Å². The van der Waals surface area contributed by atoms with Crippen molar-refractivity contribution in [3.05, 3.63) is 35.4 Å². The predicted octanol–water partition coefficient (Wildman–Crippen LogP) is 2.46. The van der Waals surface area contributed by atoms with Crippen LogP contribution in [-0.4, -0.2) is 23.4 Å². The van der Waals surface area contributed by atoms with Gasteiger partial charge in [0.1, 0.15) is 6.04 Å². The van der Waals surface area contributed by atoms with Gasteiger partial charge in [-0.1, -0.05) is 12.1 Å². The van der Waals surface area contributed by atoms with E-state index in [9.17, 15) is 9.59 Å². The molecule has 0 saturated carbocycles. The van der Waals surface area contributed by atoms with E-state index in [1.54, 1.807) is 25.1 Å². The van der Waals surface area contributed by atoms with Crippen LogP contribution in [0.4, 0.5) is 0 Å². The molecule has 1 unspecified atom stereocenters. The first-order valence-electron chi connectivity index (χ1n) is 6.51. The number of rotatable bonds is 4. The van der Waals surface area contributed by atoms with Crippen molar-refractivity contribution >= 4 is 23.4 Å². The molecule has 1 atom stereocenters. The van der Waals surface area contributed by atoms with Crippen molar-refractivity contribution in [2.24, 2.45) is 0 Å². The summed E-state index contributed by atoms with van der Waals surface area (Å²) in [5.41, 5.74) is 1.04. The Balaban J connectivity index is 2.67. The minimum atomic E-state index is -0.596. The quantitative estimate of drug-likeness (QED) is 0.839. The van der Waals surface area contributed by atoms with Crippen LogP contribution in [0.15, 0.2) is 24.3 Å². The van der Waals surface area contributed by atoms with Crippen LogP contribution in [-0.2, 0) is 10.7 Å². The fraction of sp³-hybridized carbons (Fsp3) is 0.467. The molecule has 2 amide bonds. The van der Waals surface area contributed by atoms with Crippen LogP contribution in [0.1, 0.15) is 43.6 Å². The largest absolute Gasteiger partial charge is 0.350 e. The zero-order valence-electron chi connectivity index (χ0n) is 12.3. The first-order chi connectivity index (χ1) is 9.23. The fourth-order valence-corrected chi connectivity index (χ4v) is 1.79. The first-order valence-corrected chi connectivity index (χ1v) is 7.04. The lowest BCUT2D eigenvalue weighted by atomic mass is 10.1. The molecule has 1 rings (SSSR count). The van der Waals surface area contributed by atoms with E-state index >= 15 is 0 Å². The van der Waals surface area contributed by atoms with Crippen LogP contribution in [0.5, 0.6) is 0 Å². The number of amides is 2. The molecule has 0 fully saturated rings. The van der Waals surface area contributed by atoms with Crippen molar-refractivity contribution in [3.63, 3.8) is 0 Å². The standard InChI is InChI=1S/C15H21ClN2O2/c1-10(13(19)18-15(2,3)4)17-14(20)12-7-5-6-11(8-12)9-16/h5-8,10H,9H2,1-4H3,(H,17,20)(H,18,19). The Morgan fingerprint density at radius 2 is 1.95 bits per heavy atom. The molecule has 0 aliphatic rings. The number of halogens is 1. The highest BCUT2D eigenvalue weighted by Crippen LogP contribution is 2.08. The van der Waals surface area contributed by atoms with Gasteiger partial charge in [0.2, 0.25) is 5.91 Å². The van der Waals surface area contributed by atoms with Gasteiger partial charge in [0.15, 0.2) is 0 Å². The Bertz CT molecular complexity index is 495. The molecule has 0 bridgehead atoms. The molecule has 4 nitrogen and oxygen atoms in total. The third-order valence-electron chi connectivity index (χ3n) is 2.58. The van der Waals surface area contributed by atoms with Crippen molar-refractivity contribution in [1.29, 1.82) is 0 Å². The van der Waals surface area contributed by atoms with Crippen LogP contribution < -0.4 is 10.6 Å². The van der Waals surface area contributed by atoms with Crippen molar-refractivity contribution in [1.82, 2.24) is 10.6 Å². The fourth-order valence-electron chi connectivity index (χ4n) is 1.62. The zero-order valence-corrected chi connectivity index (χ0v) is 13.0. The molecule has 20 heavy (non-hydrogen) atoms. The third-order valence-corrected chi connectivity index (χ3v) is 2.89. The molecule has 1 aromatic carbocycles. The third kappa shape index (κ3) is 5.21. The maximum absolute atomic E-state index is 12.1. The Kier molecular flexibility index (Phi) is 5.57. The highest BCUT2D eigenvalue weighted by Gasteiger charge is 2.21. The lowest BCUT2D eigenvalue weighted by molar-refractivity contribution is -0.124. The second-order valence-electron chi connectivity index (χ2n) is 5.77. The monoisotopic (exact) mass is 296 g/mol. The summed E-state index contributed by atoms with van der Waals surface area (Å²) in [6.45, 7) is 7.33. The van der Waals surface area contributed by atoms with Crippen molar-refractivity contribution < 1.29 is 9.59 Å². The van der Waals surface area contributed by atoms with E-state index in [1.165, 1.54) is 0 Å². The molecule has 0 aromatic heterocycles. The molecule has 0 aliphatic carbocycles. The molecule has 0 saturated heterocycles. The Morgan fingerprint density at radius 1 is 1.30 bits per heavy atom. The van der Waals surface area contributed by atoms with Gasteiger partial charge in [-0.25, -0.2) is 0 Å². The normalized spacial score (nSPS) is 12.7. The molecular weight excluding hydrogens is 276 g/mol. The minimum absolute atomic E-state index is 0.209. The molecule has 2 N–H and O–H groups in total. The maximum Gasteiger partial charge on any atom is 0.251 e. The smallest absolute Gasteiger partial charge is 0.251 e. The van der Waals surface area contributed by atoms with Crippen molar-refractivity contribution in [2.75, 3.05) is 0 Å². The first kappa shape index (κ1) is 16.5. The number of nitrogens with one attached hydrogen (secondary N) is 2. The van der Waals surface area contributed by atoms with Crippen molar-refractivity contribution in [2.45, 2.75) is 45.2 Å². The van der Waals surface area contributed by atoms with E-state index in [0.717, 1.165) is 5.56 Å². The molecule has 110 valence electrons. The van der Waals surface area contributed by atoms with Crippen LogP contribution in [0.2, 0.25) is 0 Å². The van der Waals surface area contributed by atoms with Gasteiger partial charge in [-0.3, -0.25) is 9.59 Å². The van der Waals surface area contributed by atoms with E-state index in [4.69, 9.17) is 11.6 Å². The Hall–Kier alpha value is -1.55. The second kappa shape index (κ2) is 6.75. The summed E-state index contributed by atoms with van der Waals surface area (Å²) in [5, 5.41) is 5.50. The van der Waals surface area contributed by atoms with Crippen LogP contribution in [0.25, 0.3) is 0 Å². The Labute approximate surface area is 124 Å². The van der Waals surface area contributed by atoms with Gasteiger partial charge >= 0.3 is 0 Å². The highest BCUT2D eigenvalue weighted by molar-refractivity contribution is 6.17. The van der Waals surface area contributed by atoms with Crippen LogP contribution in [0, 0.1) is 0 Å². The summed E-state index contributed by atoms with van der Waals surface area (Å²) < 4.78 is 0. The summed E-state index contributed by atoms with van der Waals surface area (Å²) >= 11 is 5.74. The summed E-state index contributed by atoms with van der Waals surface area (Å²) in [4.78, 5) is 24.0. The van der Waals surface area contributed by atoms with Gasteiger partial charge in [0.05, 0.1) is 0 Å². The molecule has 0 aliphatic heterocycles. The lowest BCUT2D eigenvalue weighted by Crippen LogP contribution is -2.50. The van der Waals surface area contributed by atoms with Gasteiger partial charge in [-0.15, -0.1) is 11.6 Å². The van der Waals surface area contributed by atoms with Gasteiger partial charge < -0.3 is 10.6 Å². The number of carbonyl (C=O) groups is 2. The zero-order chi connectivity index (χ0) is 15.3. The van der Waals surface area contributed by atoms with Crippen LogP contribution >= 0.6 is 11.6 Å². The summed E-state index contributed by atoms with van der Waals surface area (Å²) in [5.74, 6) is -0.144. The number of carbonyl (C=O) groups excluding carboxylic acids is 2. The lowest BCUT2D eigenvalue weighted by Gasteiger charge is -2.23. The average Bonchev–Trinajstić information content (AvgIpc) is 2.36. The molecule has 0 radical (unpaired) electrons. The second-order valence-corrected chi connectivity index (χ2v) is 6.04. The molecule has 0 spiro atoms. The number of alkyl halides is 1. The average molecular weight is 297 g/mol. The van der Waals surface area contributed by atoms with E-state index in [2.05, 4.69) is 10.6 Å². The number of benzene rings is 1. The molecule has 0 heterocycles. The molecular formula is C15H21ClN2O2. The predicted molar refractivity (Wildman–Crippen MR) is 80.8 cm³/mol. The van der Waals surface area contributed by atoms with Crippen molar-refractivity contribution in [3.8, 4) is 0 Å². The van der Waals surface area contributed by atoms with Gasteiger partial charge in [-0.2, -0.15) is 0 Å². The van der Waals surface area contributed by atoms with Gasteiger partial charge in [0.25, 0.3) is 5.91 Å². The summed E-state index contributed by atoms with van der Waals surface area (Å²) in [6.07, 6.45) is 0. The number of hydrogen-bond donors (Lipinski definition) is 2. The number of hydrogen-bond acceptors (Lipinski definition) is 2. The maximum atomic E-state index is 12.1.